The maximum atomic E-state index is 4.48. The lowest BCUT2D eigenvalue weighted by Gasteiger charge is -2.12. The molecule has 1 atom stereocenters. The van der Waals surface area contributed by atoms with E-state index >= 15 is 0 Å². The number of nitrogens with zero attached hydrogens (tertiary/aromatic N) is 4. The van der Waals surface area contributed by atoms with Gasteiger partial charge in [0.25, 0.3) is 0 Å². The van der Waals surface area contributed by atoms with Gasteiger partial charge in [-0.3, -0.25) is 4.98 Å². The summed E-state index contributed by atoms with van der Waals surface area (Å²) in [6, 6.07) is 14.2. The summed E-state index contributed by atoms with van der Waals surface area (Å²) in [5, 5.41) is 7.89. The quantitative estimate of drug-likeness (QED) is 0.779. The summed E-state index contributed by atoms with van der Waals surface area (Å²) in [5.74, 6) is 0.778. The molecule has 0 bridgehead atoms. The summed E-state index contributed by atoms with van der Waals surface area (Å²) in [4.78, 5) is 8.36. The van der Waals surface area contributed by atoms with E-state index in [0.29, 0.717) is 6.54 Å². The average Bonchev–Trinajstić information content (AvgIpc) is 3.03. The van der Waals surface area contributed by atoms with Crippen LogP contribution in [-0.2, 0) is 6.54 Å². The Morgan fingerprint density at radius 3 is 2.62 bits per heavy atom. The SMILES string of the molecule is C[C@H](NCc1ncn(-c2ccccc2)n1)c1ccncc1. The molecular weight excluding hydrogens is 262 g/mol. The normalized spacial score (nSPS) is 12.2. The molecule has 0 aliphatic rings. The Morgan fingerprint density at radius 2 is 1.86 bits per heavy atom. The van der Waals surface area contributed by atoms with E-state index in [2.05, 4.69) is 27.3 Å². The molecule has 3 aromatic rings. The van der Waals surface area contributed by atoms with Crippen LogP contribution in [0, 0.1) is 0 Å². The Bertz CT molecular complexity index is 678. The van der Waals surface area contributed by atoms with Gasteiger partial charge < -0.3 is 5.32 Å². The molecule has 106 valence electrons. The van der Waals surface area contributed by atoms with Gasteiger partial charge in [-0.1, -0.05) is 18.2 Å². The highest BCUT2D eigenvalue weighted by Gasteiger charge is 2.07. The third-order valence-corrected chi connectivity index (χ3v) is 3.33. The standard InChI is InChI=1S/C16H17N5/c1-13(14-7-9-17-10-8-14)18-11-16-19-12-21(20-16)15-5-3-2-4-6-15/h2-10,12-13,18H,11H2,1H3/t13-/m0/s1. The fourth-order valence-corrected chi connectivity index (χ4v) is 2.10. The summed E-state index contributed by atoms with van der Waals surface area (Å²) in [6.07, 6.45) is 5.34. The molecule has 0 spiro atoms. The first kappa shape index (κ1) is 13.5. The van der Waals surface area contributed by atoms with Crippen LogP contribution in [0.1, 0.15) is 24.4 Å². The lowest BCUT2D eigenvalue weighted by Crippen LogP contribution is -2.19. The van der Waals surface area contributed by atoms with Crippen molar-refractivity contribution in [1.82, 2.24) is 25.1 Å². The van der Waals surface area contributed by atoms with Crippen LogP contribution in [0.3, 0.4) is 0 Å². The van der Waals surface area contributed by atoms with E-state index in [-0.39, 0.29) is 6.04 Å². The maximum absolute atomic E-state index is 4.48. The number of rotatable bonds is 5. The molecule has 1 aromatic carbocycles. The molecular formula is C16H17N5. The highest BCUT2D eigenvalue weighted by molar-refractivity contribution is 5.29. The van der Waals surface area contributed by atoms with Gasteiger partial charge in [0, 0.05) is 18.4 Å². The highest BCUT2D eigenvalue weighted by atomic mass is 15.3. The predicted octanol–water partition coefficient (Wildman–Crippen LogP) is 2.51. The van der Waals surface area contributed by atoms with Crippen LogP contribution in [0.2, 0.25) is 0 Å². The molecule has 0 unspecified atom stereocenters. The van der Waals surface area contributed by atoms with Gasteiger partial charge in [0.05, 0.1) is 12.2 Å². The fourth-order valence-electron chi connectivity index (χ4n) is 2.10. The van der Waals surface area contributed by atoms with Crippen molar-refractivity contribution in [3.8, 4) is 5.69 Å². The third kappa shape index (κ3) is 3.32. The van der Waals surface area contributed by atoms with Crippen molar-refractivity contribution in [2.24, 2.45) is 0 Å². The van der Waals surface area contributed by atoms with Gasteiger partial charge in [0.2, 0.25) is 0 Å². The second-order valence-electron chi connectivity index (χ2n) is 4.82. The van der Waals surface area contributed by atoms with E-state index in [1.54, 1.807) is 23.4 Å². The Hall–Kier alpha value is -2.53. The molecule has 2 aromatic heterocycles. The van der Waals surface area contributed by atoms with E-state index in [4.69, 9.17) is 0 Å². The van der Waals surface area contributed by atoms with Crippen molar-refractivity contribution in [2.75, 3.05) is 0 Å². The van der Waals surface area contributed by atoms with Crippen LogP contribution in [0.25, 0.3) is 5.69 Å². The molecule has 0 aliphatic heterocycles. The molecule has 21 heavy (non-hydrogen) atoms. The van der Waals surface area contributed by atoms with Gasteiger partial charge in [-0.25, -0.2) is 9.67 Å². The number of nitrogens with one attached hydrogen (secondary N) is 1. The second-order valence-corrected chi connectivity index (χ2v) is 4.82. The van der Waals surface area contributed by atoms with Crippen molar-refractivity contribution in [1.29, 1.82) is 0 Å². The van der Waals surface area contributed by atoms with E-state index in [1.807, 2.05) is 42.5 Å². The Kier molecular flexibility index (Phi) is 4.02. The van der Waals surface area contributed by atoms with Gasteiger partial charge in [-0.15, -0.1) is 5.10 Å². The number of hydrogen-bond acceptors (Lipinski definition) is 4. The number of para-hydroxylation sites is 1. The first-order valence-corrected chi connectivity index (χ1v) is 6.92. The van der Waals surface area contributed by atoms with Crippen molar-refractivity contribution in [2.45, 2.75) is 19.5 Å². The molecule has 0 fully saturated rings. The molecule has 5 heteroatoms. The summed E-state index contributed by atoms with van der Waals surface area (Å²) in [5.41, 5.74) is 2.21. The molecule has 1 N–H and O–H groups in total. The minimum absolute atomic E-state index is 0.233. The zero-order chi connectivity index (χ0) is 14.5. The van der Waals surface area contributed by atoms with Crippen molar-refractivity contribution in [3.63, 3.8) is 0 Å². The maximum Gasteiger partial charge on any atom is 0.164 e. The summed E-state index contributed by atoms with van der Waals surface area (Å²) >= 11 is 0. The van der Waals surface area contributed by atoms with Gasteiger partial charge in [-0.05, 0) is 36.8 Å². The Morgan fingerprint density at radius 1 is 1.10 bits per heavy atom. The van der Waals surface area contributed by atoms with Crippen molar-refractivity contribution < 1.29 is 0 Å². The van der Waals surface area contributed by atoms with Gasteiger partial charge in [-0.2, -0.15) is 0 Å². The van der Waals surface area contributed by atoms with E-state index in [1.165, 1.54) is 5.56 Å². The Labute approximate surface area is 123 Å². The van der Waals surface area contributed by atoms with Crippen LogP contribution in [0.4, 0.5) is 0 Å². The number of hydrogen-bond donors (Lipinski definition) is 1. The lowest BCUT2D eigenvalue weighted by atomic mass is 10.1. The summed E-state index contributed by atoms with van der Waals surface area (Å²) < 4.78 is 1.79. The zero-order valence-corrected chi connectivity index (χ0v) is 11.8. The molecule has 0 saturated heterocycles. The number of pyridine rings is 1. The number of benzene rings is 1. The second kappa shape index (κ2) is 6.28. The monoisotopic (exact) mass is 279 g/mol. The van der Waals surface area contributed by atoms with E-state index in [0.717, 1.165) is 11.5 Å². The fraction of sp³-hybridized carbons (Fsp3) is 0.188. The van der Waals surface area contributed by atoms with Gasteiger partial charge in [0.15, 0.2) is 5.82 Å². The van der Waals surface area contributed by atoms with Crippen molar-refractivity contribution in [3.05, 3.63) is 72.6 Å². The molecule has 5 nitrogen and oxygen atoms in total. The minimum atomic E-state index is 0.233. The number of aromatic nitrogens is 4. The van der Waals surface area contributed by atoms with Crippen LogP contribution >= 0.6 is 0 Å². The van der Waals surface area contributed by atoms with E-state index in [9.17, 15) is 0 Å². The largest absolute Gasteiger partial charge is 0.303 e. The molecule has 0 radical (unpaired) electrons. The van der Waals surface area contributed by atoms with E-state index < -0.39 is 0 Å². The topological polar surface area (TPSA) is 55.6 Å². The first-order chi connectivity index (χ1) is 10.3. The van der Waals surface area contributed by atoms with Crippen LogP contribution in [0.15, 0.2) is 61.2 Å². The first-order valence-electron chi connectivity index (χ1n) is 6.92. The molecule has 0 amide bonds. The van der Waals surface area contributed by atoms with Crippen molar-refractivity contribution >= 4 is 0 Å². The van der Waals surface area contributed by atoms with Crippen LogP contribution in [-0.4, -0.2) is 19.7 Å². The van der Waals surface area contributed by atoms with Gasteiger partial charge >= 0.3 is 0 Å². The summed E-state index contributed by atoms with van der Waals surface area (Å²) in [7, 11) is 0. The molecule has 3 rings (SSSR count). The minimum Gasteiger partial charge on any atom is -0.303 e. The Balaban J connectivity index is 1.63. The van der Waals surface area contributed by atoms with Gasteiger partial charge in [0.1, 0.15) is 6.33 Å². The molecule has 2 heterocycles. The van der Waals surface area contributed by atoms with Crippen LogP contribution < -0.4 is 5.32 Å². The smallest absolute Gasteiger partial charge is 0.164 e. The molecule has 0 aliphatic carbocycles. The molecule has 0 saturated carbocycles. The van der Waals surface area contributed by atoms with Crippen LogP contribution in [0.5, 0.6) is 0 Å². The zero-order valence-electron chi connectivity index (χ0n) is 11.8. The summed E-state index contributed by atoms with van der Waals surface area (Å²) in [6.45, 7) is 2.74. The average molecular weight is 279 g/mol. The predicted molar refractivity (Wildman–Crippen MR) is 80.9 cm³/mol. The highest BCUT2D eigenvalue weighted by Crippen LogP contribution is 2.11. The third-order valence-electron chi connectivity index (χ3n) is 3.33. The lowest BCUT2D eigenvalue weighted by molar-refractivity contribution is 0.558.